The van der Waals surface area contributed by atoms with Crippen molar-refractivity contribution in [2.45, 2.75) is 32.9 Å². The molecule has 1 heterocycles. The monoisotopic (exact) mass is 577 g/mol. The molecule has 0 radical (unpaired) electrons. The summed E-state index contributed by atoms with van der Waals surface area (Å²) < 4.78 is 6.91. The number of anilines is 3. The molecule has 5 aromatic rings. The molecular formula is C33H31N5O5. The van der Waals surface area contributed by atoms with E-state index < -0.39 is 23.7 Å². The van der Waals surface area contributed by atoms with Gasteiger partial charge in [-0.25, -0.2) is 14.3 Å². The number of carboxylic acid groups (broad SMARTS) is 1. The van der Waals surface area contributed by atoms with Gasteiger partial charge in [-0.3, -0.25) is 15.0 Å². The second kappa shape index (κ2) is 12.1. The minimum Gasteiger partial charge on any atom is -0.465 e. The van der Waals surface area contributed by atoms with E-state index in [0.717, 1.165) is 16.5 Å². The van der Waals surface area contributed by atoms with Crippen LogP contribution < -0.4 is 15.5 Å². The van der Waals surface area contributed by atoms with Crippen LogP contribution in [0.5, 0.6) is 0 Å². The van der Waals surface area contributed by atoms with E-state index in [1.54, 1.807) is 62.0 Å². The Kier molecular flexibility index (Phi) is 8.11. The predicted molar refractivity (Wildman–Crippen MR) is 166 cm³/mol. The summed E-state index contributed by atoms with van der Waals surface area (Å²) >= 11 is 0. The van der Waals surface area contributed by atoms with E-state index >= 15 is 0 Å². The average molecular weight is 578 g/mol. The molecule has 0 atom stereocenters. The van der Waals surface area contributed by atoms with Crippen LogP contribution >= 0.6 is 0 Å². The van der Waals surface area contributed by atoms with Gasteiger partial charge in [-0.15, -0.1) is 5.10 Å². The maximum absolute atomic E-state index is 13.2. The Labute approximate surface area is 248 Å². The molecule has 3 amide bonds. The van der Waals surface area contributed by atoms with Crippen LogP contribution in [0.1, 0.15) is 36.7 Å². The summed E-state index contributed by atoms with van der Waals surface area (Å²) in [5.41, 5.74) is 1.85. The first kappa shape index (κ1) is 28.9. The second-order valence-electron chi connectivity index (χ2n) is 10.8. The largest absolute Gasteiger partial charge is 0.465 e. The number of nitrogens with one attached hydrogen (secondary N) is 2. The van der Waals surface area contributed by atoms with Gasteiger partial charge in [-0.2, -0.15) is 0 Å². The van der Waals surface area contributed by atoms with Gasteiger partial charge in [0.2, 0.25) is 0 Å². The molecule has 5 rings (SSSR count). The lowest BCUT2D eigenvalue weighted by molar-refractivity contribution is 0.0635. The van der Waals surface area contributed by atoms with Crippen molar-refractivity contribution in [3.05, 3.63) is 114 Å². The molecule has 0 aliphatic rings. The lowest BCUT2D eigenvalue weighted by Gasteiger charge is -2.20. The third kappa shape index (κ3) is 7.17. The highest BCUT2D eigenvalue weighted by molar-refractivity contribution is 6.06. The smallest absolute Gasteiger partial charge is 0.412 e. The van der Waals surface area contributed by atoms with E-state index in [-0.39, 0.29) is 18.1 Å². The van der Waals surface area contributed by atoms with Crippen LogP contribution in [0.3, 0.4) is 0 Å². The molecule has 0 saturated heterocycles. The quantitative estimate of drug-likeness (QED) is 0.186. The van der Waals surface area contributed by atoms with E-state index in [0.29, 0.717) is 16.8 Å². The Morgan fingerprint density at radius 3 is 2.21 bits per heavy atom. The fourth-order valence-corrected chi connectivity index (χ4v) is 4.42. The zero-order chi connectivity index (χ0) is 30.6. The van der Waals surface area contributed by atoms with Crippen molar-refractivity contribution in [1.29, 1.82) is 0 Å². The molecule has 0 fully saturated rings. The number of hydrogen-bond donors (Lipinski definition) is 3. The summed E-state index contributed by atoms with van der Waals surface area (Å²) in [6.45, 7) is 5.36. The highest BCUT2D eigenvalue weighted by Gasteiger charge is 2.21. The van der Waals surface area contributed by atoms with Gasteiger partial charge >= 0.3 is 12.2 Å². The number of fused-ring (bicyclic) bond motifs is 1. The highest BCUT2D eigenvalue weighted by Crippen LogP contribution is 2.26. The molecule has 0 bridgehead atoms. The summed E-state index contributed by atoms with van der Waals surface area (Å²) in [5, 5.41) is 21.8. The fraction of sp³-hybridized carbons (Fsp3) is 0.152. The number of amides is 3. The molecule has 43 heavy (non-hydrogen) atoms. The first-order valence-corrected chi connectivity index (χ1v) is 13.6. The zero-order valence-corrected chi connectivity index (χ0v) is 23.9. The molecule has 0 saturated carbocycles. The van der Waals surface area contributed by atoms with Crippen molar-refractivity contribution < 1.29 is 24.2 Å². The molecular weight excluding hydrogens is 546 g/mol. The van der Waals surface area contributed by atoms with Crippen molar-refractivity contribution in [2.75, 3.05) is 15.5 Å². The molecule has 10 heteroatoms. The van der Waals surface area contributed by atoms with Crippen LogP contribution in [-0.4, -0.2) is 38.6 Å². The van der Waals surface area contributed by atoms with E-state index in [4.69, 9.17) is 4.74 Å². The van der Waals surface area contributed by atoms with Gasteiger partial charge in [0.25, 0.3) is 5.91 Å². The highest BCUT2D eigenvalue weighted by atomic mass is 16.6. The normalized spacial score (nSPS) is 11.1. The van der Waals surface area contributed by atoms with Crippen LogP contribution in [0.2, 0.25) is 0 Å². The third-order valence-electron chi connectivity index (χ3n) is 6.43. The van der Waals surface area contributed by atoms with E-state index in [9.17, 15) is 19.5 Å². The maximum atomic E-state index is 13.2. The minimum absolute atomic E-state index is 0.0982. The maximum Gasteiger partial charge on any atom is 0.412 e. The van der Waals surface area contributed by atoms with Crippen molar-refractivity contribution in [3.8, 4) is 5.69 Å². The Morgan fingerprint density at radius 2 is 1.53 bits per heavy atom. The number of benzene rings is 4. The average Bonchev–Trinajstić information content (AvgIpc) is 3.36. The number of carbonyl (C=O) groups is 3. The van der Waals surface area contributed by atoms with Gasteiger partial charge < -0.3 is 15.2 Å². The van der Waals surface area contributed by atoms with E-state index in [2.05, 4.69) is 15.7 Å². The van der Waals surface area contributed by atoms with Gasteiger partial charge in [0.05, 0.1) is 18.4 Å². The van der Waals surface area contributed by atoms with Crippen LogP contribution in [0, 0.1) is 0 Å². The van der Waals surface area contributed by atoms with E-state index in [1.165, 1.54) is 4.90 Å². The molecule has 218 valence electrons. The number of hydrogen-bond acceptors (Lipinski definition) is 5. The van der Waals surface area contributed by atoms with Gasteiger partial charge in [0.15, 0.2) is 5.82 Å². The molecule has 0 aliphatic carbocycles. The molecule has 0 unspecified atom stereocenters. The number of nitrogens with zero attached hydrogens (tertiary/aromatic N) is 3. The topological polar surface area (TPSA) is 126 Å². The molecule has 10 nitrogen and oxygen atoms in total. The summed E-state index contributed by atoms with van der Waals surface area (Å²) in [6, 6.07) is 29.1. The lowest BCUT2D eigenvalue weighted by atomic mass is 10.1. The molecule has 3 N–H and O–H groups in total. The van der Waals surface area contributed by atoms with Crippen molar-refractivity contribution in [1.82, 2.24) is 9.78 Å². The molecule has 4 aromatic carbocycles. The van der Waals surface area contributed by atoms with Crippen LogP contribution in [-0.2, 0) is 11.3 Å². The Morgan fingerprint density at radius 1 is 0.860 bits per heavy atom. The number of ether oxygens (including phenoxy) is 1. The summed E-state index contributed by atoms with van der Waals surface area (Å²) in [5.74, 6) is -0.320. The van der Waals surface area contributed by atoms with Crippen LogP contribution in [0.25, 0.3) is 16.5 Å². The van der Waals surface area contributed by atoms with Crippen LogP contribution in [0.4, 0.5) is 26.8 Å². The summed E-state index contributed by atoms with van der Waals surface area (Å²) in [7, 11) is 0. The van der Waals surface area contributed by atoms with Crippen molar-refractivity contribution in [2.24, 2.45) is 0 Å². The van der Waals surface area contributed by atoms with Gasteiger partial charge in [0, 0.05) is 11.3 Å². The van der Waals surface area contributed by atoms with E-state index in [1.807, 2.05) is 66.7 Å². The van der Waals surface area contributed by atoms with Gasteiger partial charge in [-0.05, 0) is 73.5 Å². The zero-order valence-electron chi connectivity index (χ0n) is 23.9. The lowest BCUT2D eigenvalue weighted by Crippen LogP contribution is -2.28. The first-order chi connectivity index (χ1) is 20.6. The number of para-hydroxylation sites is 1. The Hall–Kier alpha value is -5.64. The van der Waals surface area contributed by atoms with Crippen molar-refractivity contribution in [3.63, 3.8) is 0 Å². The number of rotatable bonds is 7. The SMILES string of the molecule is CC(C)(C)OC(=O)Nc1cn(-c2ccccc2)nc1NC(=O)c1ccc(CN(C(=O)O)c2ccc3ccccc3c2)cc1. The number of carbonyl (C=O) groups excluding carboxylic acids is 2. The fourth-order valence-electron chi connectivity index (χ4n) is 4.42. The molecule has 1 aromatic heterocycles. The number of aromatic nitrogens is 2. The van der Waals surface area contributed by atoms with Crippen LogP contribution in [0.15, 0.2) is 103 Å². The Balaban J connectivity index is 1.33. The summed E-state index contributed by atoms with van der Waals surface area (Å²) in [4.78, 5) is 39.1. The predicted octanol–water partition coefficient (Wildman–Crippen LogP) is 7.31. The van der Waals surface area contributed by atoms with Gasteiger partial charge in [-0.1, -0.05) is 60.7 Å². The molecule has 0 spiro atoms. The second-order valence-corrected chi connectivity index (χ2v) is 10.8. The minimum atomic E-state index is -1.09. The standard InChI is InChI=1S/C33H31N5O5/c1-33(2,3)43-31(40)34-28-21-38(26-11-5-4-6-12-26)36-29(28)35-30(39)24-15-13-22(14-16-24)20-37(32(41)42)27-18-17-23-9-7-8-10-25(23)19-27/h4-19,21H,20H2,1-3H3,(H,34,40)(H,41,42)(H,35,36,39). The Bertz CT molecular complexity index is 1780. The summed E-state index contributed by atoms with van der Waals surface area (Å²) in [6.07, 6.45) is -0.184. The molecule has 0 aliphatic heterocycles. The first-order valence-electron chi connectivity index (χ1n) is 13.6. The third-order valence-corrected chi connectivity index (χ3v) is 6.43. The van der Waals surface area contributed by atoms with Gasteiger partial charge in [0.1, 0.15) is 11.3 Å². The van der Waals surface area contributed by atoms with Crippen molar-refractivity contribution >= 4 is 46.1 Å².